The zero-order valence-corrected chi connectivity index (χ0v) is 18.1. The molecule has 0 spiro atoms. The highest BCUT2D eigenvalue weighted by molar-refractivity contribution is 9.10. The summed E-state index contributed by atoms with van der Waals surface area (Å²) in [5, 5.41) is 3.13. The fraction of sp³-hybridized carbons (Fsp3) is 0.409. The molecule has 0 amide bonds. The van der Waals surface area contributed by atoms with E-state index in [0.717, 1.165) is 33.8 Å². The molecule has 0 fully saturated rings. The van der Waals surface area contributed by atoms with E-state index in [1.807, 2.05) is 13.0 Å². The molecule has 3 heterocycles. The molecule has 2 aliphatic carbocycles. The van der Waals surface area contributed by atoms with E-state index in [2.05, 4.69) is 49.5 Å². The number of aryl methyl sites for hydroxylation is 5. The first-order valence-corrected chi connectivity index (χ1v) is 11.4. The third-order valence-electron chi connectivity index (χ3n) is 5.16. The Morgan fingerprint density at radius 3 is 2.07 bits per heavy atom. The SMILES string of the molecule is Brc1ccc2c(n1)CCCC2.Cc1csc(-c2ccc3c(n2)CCCC3)n1. The molecule has 0 aliphatic heterocycles. The Hall–Kier alpha value is -1.59. The van der Waals surface area contributed by atoms with Gasteiger partial charge in [-0.1, -0.05) is 12.1 Å². The molecule has 3 aromatic rings. The van der Waals surface area contributed by atoms with Crippen molar-refractivity contribution < 1.29 is 0 Å². The molecule has 5 heteroatoms. The van der Waals surface area contributed by atoms with E-state index in [0.29, 0.717) is 0 Å². The van der Waals surface area contributed by atoms with Gasteiger partial charge in [-0.15, -0.1) is 11.3 Å². The van der Waals surface area contributed by atoms with Crippen LogP contribution in [0, 0.1) is 6.92 Å². The molecule has 3 aromatic heterocycles. The van der Waals surface area contributed by atoms with Crippen molar-refractivity contribution in [3.8, 4) is 10.7 Å². The maximum atomic E-state index is 4.74. The summed E-state index contributed by atoms with van der Waals surface area (Å²) in [4.78, 5) is 13.7. The number of fused-ring (bicyclic) bond motifs is 2. The Bertz CT molecular complexity index is 935. The van der Waals surface area contributed by atoms with E-state index in [4.69, 9.17) is 4.98 Å². The number of hydrogen-bond acceptors (Lipinski definition) is 4. The molecular weight excluding hydrogens is 418 g/mol. The number of halogens is 1. The van der Waals surface area contributed by atoms with Gasteiger partial charge >= 0.3 is 0 Å². The second kappa shape index (κ2) is 8.61. The second-order valence-electron chi connectivity index (χ2n) is 7.25. The molecule has 0 N–H and O–H groups in total. The first-order chi connectivity index (χ1) is 13.2. The average Bonchev–Trinajstić information content (AvgIpc) is 3.14. The Morgan fingerprint density at radius 2 is 1.41 bits per heavy atom. The van der Waals surface area contributed by atoms with Gasteiger partial charge in [0.15, 0.2) is 0 Å². The van der Waals surface area contributed by atoms with Crippen molar-refractivity contribution in [3.05, 3.63) is 62.5 Å². The first kappa shape index (κ1) is 18.8. The van der Waals surface area contributed by atoms with Crippen LogP contribution in [0.1, 0.15) is 53.9 Å². The van der Waals surface area contributed by atoms with Gasteiger partial charge in [-0.05, 0) is 97.5 Å². The van der Waals surface area contributed by atoms with Crippen LogP contribution in [0.25, 0.3) is 10.7 Å². The first-order valence-electron chi connectivity index (χ1n) is 9.74. The topological polar surface area (TPSA) is 38.7 Å². The molecule has 140 valence electrons. The summed E-state index contributed by atoms with van der Waals surface area (Å²) in [6.07, 6.45) is 9.93. The smallest absolute Gasteiger partial charge is 0.142 e. The maximum Gasteiger partial charge on any atom is 0.142 e. The van der Waals surface area contributed by atoms with Crippen molar-refractivity contribution in [3.63, 3.8) is 0 Å². The quantitative estimate of drug-likeness (QED) is 0.427. The molecule has 0 bridgehead atoms. The van der Waals surface area contributed by atoms with E-state index >= 15 is 0 Å². The molecule has 0 radical (unpaired) electrons. The number of aromatic nitrogens is 3. The lowest BCUT2D eigenvalue weighted by molar-refractivity contribution is 0.666. The molecule has 0 saturated heterocycles. The van der Waals surface area contributed by atoms with Gasteiger partial charge in [0.25, 0.3) is 0 Å². The van der Waals surface area contributed by atoms with E-state index in [1.165, 1.54) is 61.0 Å². The normalized spacial score (nSPS) is 15.3. The zero-order valence-electron chi connectivity index (χ0n) is 15.7. The van der Waals surface area contributed by atoms with Crippen molar-refractivity contribution in [1.29, 1.82) is 0 Å². The summed E-state index contributed by atoms with van der Waals surface area (Å²) in [7, 11) is 0. The van der Waals surface area contributed by atoms with Crippen molar-refractivity contribution in [2.75, 3.05) is 0 Å². The van der Waals surface area contributed by atoms with Gasteiger partial charge in [-0.25, -0.2) is 9.97 Å². The van der Waals surface area contributed by atoms with E-state index in [9.17, 15) is 0 Å². The van der Waals surface area contributed by atoms with Gasteiger partial charge in [0.2, 0.25) is 0 Å². The second-order valence-corrected chi connectivity index (χ2v) is 8.92. The molecule has 27 heavy (non-hydrogen) atoms. The van der Waals surface area contributed by atoms with Gasteiger partial charge in [0.05, 0.1) is 5.69 Å². The molecule has 2 aliphatic rings. The highest BCUT2D eigenvalue weighted by atomic mass is 79.9. The van der Waals surface area contributed by atoms with Gasteiger partial charge < -0.3 is 0 Å². The standard InChI is InChI=1S/C13H14N2S.C9H10BrN/c1-9-8-16-13(14-9)12-7-6-10-4-2-3-5-11(10)15-12;10-9-6-5-7-3-1-2-4-8(7)11-9/h6-8H,2-5H2,1H3;5-6H,1-4H2. The van der Waals surface area contributed by atoms with Gasteiger partial charge in [-0.2, -0.15) is 0 Å². The van der Waals surface area contributed by atoms with Gasteiger partial charge in [-0.3, -0.25) is 4.98 Å². The van der Waals surface area contributed by atoms with Crippen LogP contribution in [0.2, 0.25) is 0 Å². The van der Waals surface area contributed by atoms with Crippen LogP contribution in [0.5, 0.6) is 0 Å². The van der Waals surface area contributed by atoms with E-state index < -0.39 is 0 Å². The van der Waals surface area contributed by atoms with Gasteiger partial charge in [0, 0.05) is 22.5 Å². The van der Waals surface area contributed by atoms with Crippen LogP contribution >= 0.6 is 27.3 Å². The van der Waals surface area contributed by atoms with Crippen molar-refractivity contribution in [2.45, 2.75) is 58.3 Å². The van der Waals surface area contributed by atoms with Crippen LogP contribution in [0.4, 0.5) is 0 Å². The molecule has 0 unspecified atom stereocenters. The minimum Gasteiger partial charge on any atom is -0.250 e. The average molecular weight is 442 g/mol. The molecule has 0 saturated carbocycles. The Kier molecular flexibility index (Phi) is 5.98. The summed E-state index contributed by atoms with van der Waals surface area (Å²) in [6.45, 7) is 2.03. The fourth-order valence-corrected chi connectivity index (χ4v) is 4.84. The highest BCUT2D eigenvalue weighted by Gasteiger charge is 2.13. The summed E-state index contributed by atoms with van der Waals surface area (Å²) < 4.78 is 0.971. The number of hydrogen-bond donors (Lipinski definition) is 0. The van der Waals surface area contributed by atoms with E-state index in [1.54, 1.807) is 11.3 Å². The Morgan fingerprint density at radius 1 is 0.778 bits per heavy atom. The molecule has 5 rings (SSSR count). The van der Waals surface area contributed by atoms with Crippen molar-refractivity contribution >= 4 is 27.3 Å². The Labute approximate surface area is 173 Å². The van der Waals surface area contributed by atoms with Gasteiger partial charge in [0.1, 0.15) is 9.61 Å². The lowest BCUT2D eigenvalue weighted by Crippen LogP contribution is -2.05. The largest absolute Gasteiger partial charge is 0.250 e. The monoisotopic (exact) mass is 441 g/mol. The molecule has 0 aromatic carbocycles. The molecular formula is C22H24BrN3S. The summed E-state index contributed by atoms with van der Waals surface area (Å²) in [6, 6.07) is 8.56. The minimum absolute atomic E-state index is 0.971. The number of thiazole rings is 1. The Balaban J connectivity index is 0.000000143. The van der Waals surface area contributed by atoms with Crippen LogP contribution in [0.15, 0.2) is 34.2 Å². The molecule has 3 nitrogen and oxygen atoms in total. The van der Waals surface area contributed by atoms with Crippen LogP contribution in [0.3, 0.4) is 0 Å². The van der Waals surface area contributed by atoms with Crippen LogP contribution in [-0.4, -0.2) is 15.0 Å². The lowest BCUT2D eigenvalue weighted by atomic mass is 9.96. The summed E-state index contributed by atoms with van der Waals surface area (Å²) in [5.74, 6) is 0. The zero-order chi connectivity index (χ0) is 18.6. The van der Waals surface area contributed by atoms with Crippen molar-refractivity contribution in [2.24, 2.45) is 0 Å². The minimum atomic E-state index is 0.971. The van der Waals surface area contributed by atoms with E-state index in [-0.39, 0.29) is 0 Å². The molecule has 0 atom stereocenters. The highest BCUT2D eigenvalue weighted by Crippen LogP contribution is 2.26. The summed E-state index contributed by atoms with van der Waals surface area (Å²) in [5.41, 5.74) is 7.59. The predicted molar refractivity (Wildman–Crippen MR) is 115 cm³/mol. The third kappa shape index (κ3) is 4.64. The van der Waals surface area contributed by atoms with Crippen molar-refractivity contribution in [1.82, 2.24) is 15.0 Å². The number of rotatable bonds is 1. The number of nitrogens with zero attached hydrogens (tertiary/aromatic N) is 3. The summed E-state index contributed by atoms with van der Waals surface area (Å²) >= 11 is 5.06. The van der Waals surface area contributed by atoms with Crippen LogP contribution in [-0.2, 0) is 25.7 Å². The predicted octanol–water partition coefficient (Wildman–Crippen LogP) is 6.12. The lowest BCUT2D eigenvalue weighted by Gasteiger charge is -2.14. The maximum absolute atomic E-state index is 4.74. The third-order valence-corrected chi connectivity index (χ3v) is 6.58. The van der Waals surface area contributed by atoms with Crippen LogP contribution < -0.4 is 0 Å². The number of pyridine rings is 2. The fourth-order valence-electron chi connectivity index (χ4n) is 3.73.